The largest absolute Gasteiger partial charge is 0.389 e. The topological polar surface area (TPSA) is 44.0 Å². The first-order valence-corrected chi connectivity index (χ1v) is 5.24. The molecule has 1 aliphatic rings. The first-order chi connectivity index (χ1) is 6.12. The number of nitrogens with zero attached hydrogens (tertiary/aromatic N) is 1. The molecule has 1 saturated carbocycles. The van der Waals surface area contributed by atoms with Gasteiger partial charge in [-0.3, -0.25) is 0 Å². The van der Waals surface area contributed by atoms with Crippen LogP contribution in [0.15, 0.2) is 0 Å². The summed E-state index contributed by atoms with van der Waals surface area (Å²) in [7, 11) is 0. The van der Waals surface area contributed by atoms with Crippen molar-refractivity contribution < 1.29 is 5.11 Å². The van der Waals surface area contributed by atoms with Crippen LogP contribution in [0, 0.1) is 23.2 Å². The molecular weight excluding hydrogens is 162 g/mol. The molecule has 0 bridgehead atoms. The van der Waals surface area contributed by atoms with E-state index in [0.29, 0.717) is 5.92 Å². The summed E-state index contributed by atoms with van der Waals surface area (Å²) in [4.78, 5) is 0. The van der Waals surface area contributed by atoms with Crippen LogP contribution in [-0.2, 0) is 0 Å². The van der Waals surface area contributed by atoms with E-state index in [0.717, 1.165) is 25.7 Å². The van der Waals surface area contributed by atoms with Crippen molar-refractivity contribution in [2.24, 2.45) is 11.8 Å². The summed E-state index contributed by atoms with van der Waals surface area (Å²) < 4.78 is 0. The van der Waals surface area contributed by atoms with Crippen molar-refractivity contribution in [1.82, 2.24) is 0 Å². The average molecular weight is 181 g/mol. The van der Waals surface area contributed by atoms with Crippen molar-refractivity contribution in [1.29, 1.82) is 5.26 Å². The van der Waals surface area contributed by atoms with E-state index in [9.17, 15) is 5.11 Å². The van der Waals surface area contributed by atoms with Gasteiger partial charge in [0.05, 0.1) is 17.6 Å². The summed E-state index contributed by atoms with van der Waals surface area (Å²) in [6.07, 6.45) is 5.04. The Balaban J connectivity index is 2.63. The molecule has 0 saturated heterocycles. The van der Waals surface area contributed by atoms with E-state index in [1.54, 1.807) is 0 Å². The first-order valence-electron chi connectivity index (χ1n) is 5.24. The molecule has 1 fully saturated rings. The van der Waals surface area contributed by atoms with Crippen LogP contribution in [-0.4, -0.2) is 10.7 Å². The van der Waals surface area contributed by atoms with E-state index in [1.165, 1.54) is 6.42 Å². The van der Waals surface area contributed by atoms with Crippen LogP contribution in [0.3, 0.4) is 0 Å². The lowest BCUT2D eigenvalue weighted by atomic mass is 9.72. The maximum Gasteiger partial charge on any atom is 0.0805 e. The van der Waals surface area contributed by atoms with Crippen molar-refractivity contribution in [3.63, 3.8) is 0 Å². The molecule has 0 spiro atoms. The minimum atomic E-state index is -0.701. The molecule has 13 heavy (non-hydrogen) atoms. The zero-order chi connectivity index (χ0) is 9.90. The van der Waals surface area contributed by atoms with Gasteiger partial charge in [0, 0.05) is 0 Å². The third-order valence-electron chi connectivity index (χ3n) is 3.44. The Kier molecular flexibility index (Phi) is 3.33. The minimum Gasteiger partial charge on any atom is -0.389 e. The van der Waals surface area contributed by atoms with Crippen molar-refractivity contribution in [3.05, 3.63) is 0 Å². The molecule has 1 rings (SSSR count). The molecule has 2 nitrogen and oxygen atoms in total. The molecule has 2 heteroatoms. The van der Waals surface area contributed by atoms with Gasteiger partial charge in [-0.05, 0) is 25.7 Å². The molecular formula is C11H19NO. The number of hydrogen-bond acceptors (Lipinski definition) is 2. The average Bonchev–Trinajstić information content (AvgIpc) is 2.16. The highest BCUT2D eigenvalue weighted by atomic mass is 16.3. The predicted octanol–water partition coefficient (Wildman–Crippen LogP) is 2.48. The van der Waals surface area contributed by atoms with Gasteiger partial charge in [0.1, 0.15) is 0 Å². The minimum absolute atomic E-state index is 0.221. The Bertz CT molecular complexity index is 209. The Hall–Kier alpha value is -0.550. The van der Waals surface area contributed by atoms with Crippen molar-refractivity contribution in [3.8, 4) is 6.07 Å². The van der Waals surface area contributed by atoms with Gasteiger partial charge in [-0.25, -0.2) is 0 Å². The Morgan fingerprint density at radius 2 is 2.38 bits per heavy atom. The molecule has 1 aliphatic carbocycles. The van der Waals surface area contributed by atoms with Gasteiger partial charge < -0.3 is 5.11 Å². The molecule has 0 aromatic rings. The highest BCUT2D eigenvalue weighted by molar-refractivity contribution is 4.99. The zero-order valence-corrected chi connectivity index (χ0v) is 8.58. The van der Waals surface area contributed by atoms with E-state index < -0.39 is 5.60 Å². The van der Waals surface area contributed by atoms with Crippen LogP contribution >= 0.6 is 0 Å². The number of rotatable bonds is 2. The lowest BCUT2D eigenvalue weighted by molar-refractivity contribution is -0.0433. The third kappa shape index (κ3) is 2.22. The Labute approximate surface area is 80.6 Å². The van der Waals surface area contributed by atoms with Crippen molar-refractivity contribution in [2.45, 2.75) is 51.6 Å². The molecule has 3 unspecified atom stereocenters. The van der Waals surface area contributed by atoms with Gasteiger partial charge in [-0.1, -0.05) is 26.2 Å². The van der Waals surface area contributed by atoms with E-state index in [1.807, 2.05) is 6.92 Å². The fraction of sp³-hybridized carbons (Fsp3) is 0.909. The quantitative estimate of drug-likeness (QED) is 0.711. The van der Waals surface area contributed by atoms with Crippen molar-refractivity contribution in [2.75, 3.05) is 0 Å². The van der Waals surface area contributed by atoms with Gasteiger partial charge in [-0.15, -0.1) is 0 Å². The molecule has 74 valence electrons. The third-order valence-corrected chi connectivity index (χ3v) is 3.44. The van der Waals surface area contributed by atoms with Gasteiger partial charge in [-0.2, -0.15) is 5.26 Å². The second kappa shape index (κ2) is 4.11. The maximum absolute atomic E-state index is 10.2. The van der Waals surface area contributed by atoms with Crippen LogP contribution in [0.2, 0.25) is 0 Å². The first kappa shape index (κ1) is 10.5. The monoisotopic (exact) mass is 181 g/mol. The standard InChI is InChI=1S/C11H19NO/c1-3-10-5-4-6-11(13,7-10)9(2)8-12/h9-10,13H,3-7H2,1-2H3. The summed E-state index contributed by atoms with van der Waals surface area (Å²) in [6, 6.07) is 2.17. The summed E-state index contributed by atoms with van der Waals surface area (Å²) >= 11 is 0. The predicted molar refractivity (Wildman–Crippen MR) is 52.0 cm³/mol. The number of hydrogen-bond donors (Lipinski definition) is 1. The summed E-state index contributed by atoms with van der Waals surface area (Å²) in [5.74, 6) is 0.399. The fourth-order valence-corrected chi connectivity index (χ4v) is 2.26. The van der Waals surface area contributed by atoms with E-state index in [2.05, 4.69) is 13.0 Å². The van der Waals surface area contributed by atoms with Gasteiger partial charge in [0.2, 0.25) is 0 Å². The molecule has 0 aromatic heterocycles. The molecule has 1 N–H and O–H groups in total. The van der Waals surface area contributed by atoms with Crippen molar-refractivity contribution >= 4 is 0 Å². The van der Waals surface area contributed by atoms with E-state index in [4.69, 9.17) is 5.26 Å². The number of nitriles is 1. The van der Waals surface area contributed by atoms with Crippen LogP contribution in [0.1, 0.15) is 46.0 Å². The second-order valence-corrected chi connectivity index (χ2v) is 4.32. The lowest BCUT2D eigenvalue weighted by Crippen LogP contribution is -2.40. The van der Waals surface area contributed by atoms with Gasteiger partial charge >= 0.3 is 0 Å². The number of aliphatic hydroxyl groups is 1. The van der Waals surface area contributed by atoms with Crippen LogP contribution in [0.5, 0.6) is 0 Å². The lowest BCUT2D eigenvalue weighted by Gasteiger charge is -2.38. The Morgan fingerprint density at radius 1 is 1.69 bits per heavy atom. The van der Waals surface area contributed by atoms with Crippen LogP contribution in [0.4, 0.5) is 0 Å². The molecule has 0 heterocycles. The summed E-state index contributed by atoms with van der Waals surface area (Å²) in [5.41, 5.74) is -0.701. The second-order valence-electron chi connectivity index (χ2n) is 4.32. The van der Waals surface area contributed by atoms with Crippen LogP contribution < -0.4 is 0 Å². The summed E-state index contributed by atoms with van der Waals surface area (Å²) in [6.45, 7) is 3.99. The molecule has 0 radical (unpaired) electrons. The van der Waals surface area contributed by atoms with Gasteiger partial charge in [0.25, 0.3) is 0 Å². The molecule has 0 amide bonds. The van der Waals surface area contributed by atoms with E-state index >= 15 is 0 Å². The normalized spacial score (nSPS) is 36.6. The highest BCUT2D eigenvalue weighted by Crippen LogP contribution is 2.38. The van der Waals surface area contributed by atoms with E-state index in [-0.39, 0.29) is 5.92 Å². The maximum atomic E-state index is 10.2. The van der Waals surface area contributed by atoms with Gasteiger partial charge in [0.15, 0.2) is 0 Å². The van der Waals surface area contributed by atoms with Crippen LogP contribution in [0.25, 0.3) is 0 Å². The smallest absolute Gasteiger partial charge is 0.0805 e. The SMILES string of the molecule is CCC1CCCC(O)(C(C)C#N)C1. The highest BCUT2D eigenvalue weighted by Gasteiger charge is 2.38. The molecule has 0 aliphatic heterocycles. The summed E-state index contributed by atoms with van der Waals surface area (Å²) in [5, 5.41) is 19.0. The zero-order valence-electron chi connectivity index (χ0n) is 8.58. The fourth-order valence-electron chi connectivity index (χ4n) is 2.26. The Morgan fingerprint density at radius 3 is 2.92 bits per heavy atom. The molecule has 0 aromatic carbocycles. The molecule has 3 atom stereocenters.